The Balaban J connectivity index is 1.49. The molecule has 3 aromatic carbocycles. The van der Waals surface area contributed by atoms with Gasteiger partial charge in [-0.3, -0.25) is 13.9 Å². The fourth-order valence-electron chi connectivity index (χ4n) is 3.14. The van der Waals surface area contributed by atoms with Crippen molar-refractivity contribution in [3.8, 4) is 0 Å². The standard InChI is InChI=1S/C22H18ClFN4O3S/c23-18-9-6-15(12-20(18)27-21(29)14-4-2-1-3-5-14)26-22(30)17-8-7-16(13-19(17)24)28-11-10-25-32(28)31/h1-9,12-13,25H,10-11H2,(H,26,30)(H,27,29). The van der Waals surface area contributed by atoms with Crippen molar-refractivity contribution in [2.24, 2.45) is 0 Å². The lowest BCUT2D eigenvalue weighted by Gasteiger charge is -2.16. The summed E-state index contributed by atoms with van der Waals surface area (Å²) in [6, 6.07) is 17.2. The molecule has 0 radical (unpaired) electrons. The lowest BCUT2D eigenvalue weighted by molar-refractivity contribution is 0.101. The topological polar surface area (TPSA) is 90.5 Å². The highest BCUT2D eigenvalue weighted by Crippen LogP contribution is 2.27. The maximum Gasteiger partial charge on any atom is 0.258 e. The number of carbonyl (C=O) groups is 2. The van der Waals surface area contributed by atoms with Crippen molar-refractivity contribution in [3.63, 3.8) is 0 Å². The van der Waals surface area contributed by atoms with Crippen LogP contribution >= 0.6 is 11.6 Å². The number of hydrogen-bond donors (Lipinski definition) is 3. The first-order valence-corrected chi connectivity index (χ1v) is 11.1. The molecule has 0 aliphatic carbocycles. The number of rotatable bonds is 5. The molecular formula is C22H18ClFN4O3S. The predicted octanol–water partition coefficient (Wildman–Crippen LogP) is 3.97. The van der Waals surface area contributed by atoms with Gasteiger partial charge in [-0.2, -0.15) is 0 Å². The molecule has 1 saturated heterocycles. The minimum atomic E-state index is -1.42. The summed E-state index contributed by atoms with van der Waals surface area (Å²) >= 11 is 4.75. The van der Waals surface area contributed by atoms with Gasteiger partial charge in [0.2, 0.25) is 0 Å². The molecule has 1 atom stereocenters. The highest BCUT2D eigenvalue weighted by atomic mass is 35.5. The van der Waals surface area contributed by atoms with Crippen LogP contribution < -0.4 is 19.7 Å². The number of carbonyl (C=O) groups excluding carboxylic acids is 2. The van der Waals surface area contributed by atoms with E-state index in [9.17, 15) is 18.2 Å². The Hall–Kier alpha value is -3.27. The molecule has 1 aliphatic rings. The second kappa shape index (κ2) is 9.47. The summed E-state index contributed by atoms with van der Waals surface area (Å²) in [6.45, 7) is 0.996. The van der Waals surface area contributed by atoms with Gasteiger partial charge >= 0.3 is 0 Å². The molecule has 0 bridgehead atoms. The Kier molecular flexibility index (Phi) is 6.50. The van der Waals surface area contributed by atoms with Crippen LogP contribution in [0.4, 0.5) is 21.5 Å². The van der Waals surface area contributed by atoms with E-state index in [1.165, 1.54) is 34.6 Å². The van der Waals surface area contributed by atoms with Gasteiger partial charge in [0, 0.05) is 24.3 Å². The van der Waals surface area contributed by atoms with Crippen LogP contribution in [0, 0.1) is 5.82 Å². The molecule has 3 N–H and O–H groups in total. The van der Waals surface area contributed by atoms with E-state index in [-0.39, 0.29) is 16.5 Å². The summed E-state index contributed by atoms with van der Waals surface area (Å²) in [4.78, 5) is 25.0. The largest absolute Gasteiger partial charge is 0.322 e. The van der Waals surface area contributed by atoms with E-state index in [2.05, 4.69) is 15.4 Å². The van der Waals surface area contributed by atoms with Crippen molar-refractivity contribution in [2.75, 3.05) is 28.0 Å². The summed E-state index contributed by atoms with van der Waals surface area (Å²) in [6.07, 6.45) is 0. The fourth-order valence-corrected chi connectivity index (χ4v) is 4.29. The van der Waals surface area contributed by atoms with Gasteiger partial charge in [-0.05, 0) is 48.5 Å². The zero-order chi connectivity index (χ0) is 22.7. The van der Waals surface area contributed by atoms with Crippen LogP contribution in [0.1, 0.15) is 20.7 Å². The van der Waals surface area contributed by atoms with Gasteiger partial charge in [-0.15, -0.1) is 0 Å². The molecule has 7 nitrogen and oxygen atoms in total. The Morgan fingerprint density at radius 1 is 1.00 bits per heavy atom. The monoisotopic (exact) mass is 472 g/mol. The van der Waals surface area contributed by atoms with Gasteiger partial charge in [0.1, 0.15) is 5.82 Å². The van der Waals surface area contributed by atoms with Crippen LogP contribution in [0.2, 0.25) is 5.02 Å². The van der Waals surface area contributed by atoms with Gasteiger partial charge in [0.25, 0.3) is 11.8 Å². The second-order valence-corrected chi connectivity index (χ2v) is 8.51. The molecular weight excluding hydrogens is 455 g/mol. The Morgan fingerprint density at radius 3 is 2.47 bits per heavy atom. The van der Waals surface area contributed by atoms with Crippen LogP contribution in [0.15, 0.2) is 66.7 Å². The average molecular weight is 473 g/mol. The van der Waals surface area contributed by atoms with Crippen molar-refractivity contribution in [2.45, 2.75) is 0 Å². The third-order valence-corrected chi connectivity index (χ3v) is 6.31. The Morgan fingerprint density at radius 2 is 1.78 bits per heavy atom. The molecule has 0 spiro atoms. The normalized spacial score (nSPS) is 15.4. The number of hydrogen-bond acceptors (Lipinski definition) is 3. The van der Waals surface area contributed by atoms with Crippen LogP contribution in [0.5, 0.6) is 0 Å². The van der Waals surface area contributed by atoms with Crippen LogP contribution in [0.3, 0.4) is 0 Å². The highest BCUT2D eigenvalue weighted by molar-refractivity contribution is 7.84. The van der Waals surface area contributed by atoms with Gasteiger partial charge in [-0.1, -0.05) is 29.8 Å². The summed E-state index contributed by atoms with van der Waals surface area (Å²) in [5, 5.41) is 5.59. The van der Waals surface area contributed by atoms with E-state index in [1.54, 1.807) is 36.4 Å². The second-order valence-electron chi connectivity index (χ2n) is 6.88. The lowest BCUT2D eigenvalue weighted by Crippen LogP contribution is -2.23. The van der Waals surface area contributed by atoms with Crippen molar-refractivity contribution < 1.29 is 18.2 Å². The smallest absolute Gasteiger partial charge is 0.258 e. The van der Waals surface area contributed by atoms with Gasteiger partial charge < -0.3 is 10.6 Å². The maximum atomic E-state index is 14.6. The third-order valence-electron chi connectivity index (χ3n) is 4.73. The lowest BCUT2D eigenvalue weighted by atomic mass is 10.1. The van der Waals surface area contributed by atoms with Gasteiger partial charge in [0.05, 0.1) is 22.0 Å². The zero-order valence-electron chi connectivity index (χ0n) is 16.6. The SMILES string of the molecule is O=C(Nc1cc(NC(=O)c2ccc(N3CCNS3=O)cc2F)ccc1Cl)c1ccccc1. The first-order valence-electron chi connectivity index (χ1n) is 9.62. The van der Waals surface area contributed by atoms with Crippen LogP contribution in [-0.4, -0.2) is 29.1 Å². The molecule has 1 aliphatic heterocycles. The summed E-state index contributed by atoms with van der Waals surface area (Å²) < 4.78 is 30.7. The predicted molar refractivity (Wildman–Crippen MR) is 124 cm³/mol. The molecule has 164 valence electrons. The average Bonchev–Trinajstić information content (AvgIpc) is 3.22. The fraction of sp³-hybridized carbons (Fsp3) is 0.0909. The molecule has 0 aromatic heterocycles. The maximum absolute atomic E-state index is 14.6. The van der Waals surface area contributed by atoms with Crippen molar-refractivity contribution in [3.05, 3.63) is 88.7 Å². The Bertz CT molecular complexity index is 1210. The van der Waals surface area contributed by atoms with E-state index in [1.807, 2.05) is 0 Å². The first-order chi connectivity index (χ1) is 15.4. The number of nitrogens with zero attached hydrogens (tertiary/aromatic N) is 1. The summed E-state index contributed by atoms with van der Waals surface area (Å²) in [5.41, 5.74) is 1.33. The molecule has 3 aromatic rings. The van der Waals surface area contributed by atoms with Crippen LogP contribution in [0.25, 0.3) is 0 Å². The molecule has 1 fully saturated rings. The summed E-state index contributed by atoms with van der Waals surface area (Å²) in [7, 11) is 0. The van der Waals surface area contributed by atoms with E-state index in [4.69, 9.17) is 11.6 Å². The molecule has 4 rings (SSSR count). The molecule has 1 unspecified atom stereocenters. The molecule has 1 heterocycles. The molecule has 10 heteroatoms. The molecule has 32 heavy (non-hydrogen) atoms. The van der Waals surface area contributed by atoms with Crippen molar-refractivity contribution in [1.82, 2.24) is 4.72 Å². The quantitative estimate of drug-likeness (QED) is 0.524. The Labute approximate surface area is 191 Å². The first kappa shape index (κ1) is 21.9. The van der Waals surface area contributed by atoms with E-state index in [0.29, 0.717) is 35.7 Å². The summed E-state index contributed by atoms with van der Waals surface area (Å²) in [5.74, 6) is -1.76. The third kappa shape index (κ3) is 4.80. The minimum absolute atomic E-state index is 0.170. The number of halogens is 2. The highest BCUT2D eigenvalue weighted by Gasteiger charge is 2.22. The number of amides is 2. The van der Waals surface area contributed by atoms with Crippen molar-refractivity contribution >= 4 is 51.6 Å². The van der Waals surface area contributed by atoms with E-state index < -0.39 is 22.9 Å². The van der Waals surface area contributed by atoms with E-state index in [0.717, 1.165) is 0 Å². The van der Waals surface area contributed by atoms with Gasteiger partial charge in [-0.25, -0.2) is 13.3 Å². The number of anilines is 3. The van der Waals surface area contributed by atoms with E-state index >= 15 is 0 Å². The minimum Gasteiger partial charge on any atom is -0.322 e. The number of benzene rings is 3. The van der Waals surface area contributed by atoms with Crippen molar-refractivity contribution in [1.29, 1.82) is 0 Å². The molecule has 2 amide bonds. The zero-order valence-corrected chi connectivity index (χ0v) is 18.2. The van der Waals surface area contributed by atoms with Crippen LogP contribution in [-0.2, 0) is 11.2 Å². The molecule has 0 saturated carbocycles. The van der Waals surface area contributed by atoms with Gasteiger partial charge in [0.15, 0.2) is 11.2 Å². The number of nitrogens with one attached hydrogen (secondary N) is 3.